The summed E-state index contributed by atoms with van der Waals surface area (Å²) in [4.78, 5) is 21.4. The second-order valence-corrected chi connectivity index (χ2v) is 8.02. The van der Waals surface area contributed by atoms with Crippen molar-refractivity contribution in [2.24, 2.45) is 0 Å². The molecule has 1 fully saturated rings. The number of hydrogen-bond acceptors (Lipinski definition) is 5. The molecule has 1 aromatic carbocycles. The van der Waals surface area contributed by atoms with Gasteiger partial charge < -0.3 is 14.2 Å². The second-order valence-electron chi connectivity index (χ2n) is 6.26. The lowest BCUT2D eigenvalue weighted by Crippen LogP contribution is -2.48. The summed E-state index contributed by atoms with van der Waals surface area (Å²) >= 11 is 4.98. The number of fused-ring (bicyclic) bond motifs is 1. The minimum absolute atomic E-state index is 0.0543. The van der Waals surface area contributed by atoms with Crippen LogP contribution in [0, 0.1) is 13.8 Å². The highest BCUT2D eigenvalue weighted by molar-refractivity contribution is 9.10. The number of aryl methyl sites for hydroxylation is 2. The number of hydrogen-bond donors (Lipinski definition) is 0. The van der Waals surface area contributed by atoms with Crippen LogP contribution in [0.1, 0.15) is 21.7 Å². The number of halogens is 1. The van der Waals surface area contributed by atoms with E-state index in [1.807, 2.05) is 4.90 Å². The Kier molecular flexibility index (Phi) is 4.29. The molecule has 1 saturated heterocycles. The highest BCUT2D eigenvalue weighted by Gasteiger charge is 2.25. The third-order valence-corrected chi connectivity index (χ3v) is 6.23. The molecule has 1 aliphatic heterocycles. The molecule has 1 amide bonds. The van der Waals surface area contributed by atoms with E-state index in [0.717, 1.165) is 23.7 Å². The van der Waals surface area contributed by atoms with E-state index in [4.69, 9.17) is 9.40 Å². The van der Waals surface area contributed by atoms with Gasteiger partial charge >= 0.3 is 0 Å². The molecule has 0 saturated carbocycles. The van der Waals surface area contributed by atoms with E-state index in [1.54, 1.807) is 23.5 Å². The summed E-state index contributed by atoms with van der Waals surface area (Å²) in [6.45, 7) is 7.14. The van der Waals surface area contributed by atoms with Crippen molar-refractivity contribution in [1.29, 1.82) is 0 Å². The summed E-state index contributed by atoms with van der Waals surface area (Å²) < 4.78 is 7.21. The Balaban J connectivity index is 1.49. The van der Waals surface area contributed by atoms with Crippen molar-refractivity contribution >= 4 is 48.5 Å². The minimum Gasteiger partial charge on any atom is -0.444 e. The lowest BCUT2D eigenvalue weighted by atomic mass is 10.1. The minimum atomic E-state index is -0.0543. The van der Waals surface area contributed by atoms with Gasteiger partial charge in [-0.2, -0.15) is 0 Å². The van der Waals surface area contributed by atoms with Crippen molar-refractivity contribution in [2.45, 2.75) is 13.8 Å². The molecule has 0 radical (unpaired) electrons. The summed E-state index contributed by atoms with van der Waals surface area (Å²) in [7, 11) is 0. The Morgan fingerprint density at radius 2 is 1.84 bits per heavy atom. The Morgan fingerprint density at radius 3 is 2.48 bits per heavy atom. The molecule has 3 aromatic rings. The molecule has 1 aliphatic rings. The van der Waals surface area contributed by atoms with E-state index in [2.05, 4.69) is 46.8 Å². The first-order valence-corrected chi connectivity index (χ1v) is 9.80. The highest BCUT2D eigenvalue weighted by Crippen LogP contribution is 2.33. The number of carbonyl (C=O) groups excluding carboxylic acids is 1. The zero-order valence-electron chi connectivity index (χ0n) is 14.1. The number of piperazine rings is 1. The van der Waals surface area contributed by atoms with Crippen molar-refractivity contribution in [3.05, 3.63) is 45.8 Å². The first-order valence-electron chi connectivity index (χ1n) is 8.19. The number of thiazole rings is 1. The molecule has 0 bridgehead atoms. The topological polar surface area (TPSA) is 49.6 Å². The van der Waals surface area contributed by atoms with Crippen LogP contribution in [0.4, 0.5) is 5.13 Å². The largest absolute Gasteiger partial charge is 0.444 e. The SMILES string of the molecule is Cc1ccc(C)c2sc(N3CCN(C(=O)c4ccc(Br)o4)CC3)nc12. The first kappa shape index (κ1) is 16.6. The van der Waals surface area contributed by atoms with E-state index in [1.165, 1.54) is 15.8 Å². The van der Waals surface area contributed by atoms with E-state index in [9.17, 15) is 4.79 Å². The van der Waals surface area contributed by atoms with Gasteiger partial charge in [-0.1, -0.05) is 23.5 Å². The summed E-state index contributed by atoms with van der Waals surface area (Å²) in [6.07, 6.45) is 0. The molecule has 0 aliphatic carbocycles. The number of furan rings is 1. The van der Waals surface area contributed by atoms with Crippen LogP contribution in [0.3, 0.4) is 0 Å². The van der Waals surface area contributed by atoms with Crippen LogP contribution in [0.15, 0.2) is 33.4 Å². The predicted molar refractivity (Wildman–Crippen MR) is 104 cm³/mol. The van der Waals surface area contributed by atoms with E-state index >= 15 is 0 Å². The van der Waals surface area contributed by atoms with Crippen LogP contribution in [-0.2, 0) is 0 Å². The molecule has 0 atom stereocenters. The number of amides is 1. The monoisotopic (exact) mass is 419 g/mol. The van der Waals surface area contributed by atoms with Gasteiger partial charge in [0.05, 0.1) is 10.2 Å². The quantitative estimate of drug-likeness (QED) is 0.623. The fraction of sp³-hybridized carbons (Fsp3) is 0.333. The number of anilines is 1. The average molecular weight is 420 g/mol. The smallest absolute Gasteiger partial charge is 0.289 e. The average Bonchev–Trinajstić information content (AvgIpc) is 3.25. The summed E-state index contributed by atoms with van der Waals surface area (Å²) in [6, 6.07) is 7.73. The van der Waals surface area contributed by atoms with Crippen LogP contribution >= 0.6 is 27.3 Å². The zero-order valence-corrected chi connectivity index (χ0v) is 16.5. The second kappa shape index (κ2) is 6.46. The van der Waals surface area contributed by atoms with E-state index in [0.29, 0.717) is 23.5 Å². The molecule has 130 valence electrons. The zero-order chi connectivity index (χ0) is 17.6. The highest BCUT2D eigenvalue weighted by atomic mass is 79.9. The Labute approximate surface area is 158 Å². The molecule has 25 heavy (non-hydrogen) atoms. The van der Waals surface area contributed by atoms with Gasteiger partial charge in [0.25, 0.3) is 5.91 Å². The van der Waals surface area contributed by atoms with Crippen LogP contribution in [0.25, 0.3) is 10.2 Å². The number of rotatable bonds is 2. The normalized spacial score (nSPS) is 15.2. The van der Waals surface area contributed by atoms with Crippen molar-refractivity contribution in [2.75, 3.05) is 31.1 Å². The van der Waals surface area contributed by atoms with Gasteiger partial charge in [-0.25, -0.2) is 4.98 Å². The summed E-state index contributed by atoms with van der Waals surface area (Å²) in [5, 5.41) is 1.04. The van der Waals surface area contributed by atoms with Gasteiger partial charge in [-0.05, 0) is 53.0 Å². The fourth-order valence-electron chi connectivity index (χ4n) is 3.07. The molecule has 0 spiro atoms. The third-order valence-electron chi connectivity index (χ3n) is 4.55. The van der Waals surface area contributed by atoms with Crippen LogP contribution in [-0.4, -0.2) is 42.0 Å². The third kappa shape index (κ3) is 3.06. The Hall–Kier alpha value is -1.86. The molecule has 7 heteroatoms. The van der Waals surface area contributed by atoms with E-state index in [-0.39, 0.29) is 5.91 Å². The van der Waals surface area contributed by atoms with Crippen molar-refractivity contribution in [1.82, 2.24) is 9.88 Å². The van der Waals surface area contributed by atoms with Gasteiger partial charge in [0, 0.05) is 26.2 Å². The number of nitrogens with zero attached hydrogens (tertiary/aromatic N) is 3. The summed E-state index contributed by atoms with van der Waals surface area (Å²) in [5.41, 5.74) is 3.57. The van der Waals surface area contributed by atoms with E-state index < -0.39 is 0 Å². The van der Waals surface area contributed by atoms with Crippen molar-refractivity contribution in [3.63, 3.8) is 0 Å². The van der Waals surface area contributed by atoms with Gasteiger partial charge in [-0.3, -0.25) is 4.79 Å². The lowest BCUT2D eigenvalue weighted by molar-refractivity contribution is 0.0713. The number of carbonyl (C=O) groups is 1. The molecule has 0 N–H and O–H groups in total. The summed E-state index contributed by atoms with van der Waals surface area (Å²) in [5.74, 6) is 0.327. The van der Waals surface area contributed by atoms with Gasteiger partial charge in [-0.15, -0.1) is 0 Å². The molecule has 3 heterocycles. The maximum absolute atomic E-state index is 12.5. The number of aromatic nitrogens is 1. The van der Waals surface area contributed by atoms with Gasteiger partial charge in [0.1, 0.15) is 0 Å². The van der Waals surface area contributed by atoms with Gasteiger partial charge in [0.2, 0.25) is 0 Å². The van der Waals surface area contributed by atoms with Crippen LogP contribution < -0.4 is 4.90 Å². The van der Waals surface area contributed by atoms with Crippen molar-refractivity contribution < 1.29 is 9.21 Å². The Morgan fingerprint density at radius 1 is 1.12 bits per heavy atom. The Bertz CT molecular complexity index is 902. The van der Waals surface area contributed by atoms with Crippen molar-refractivity contribution in [3.8, 4) is 0 Å². The number of benzene rings is 1. The van der Waals surface area contributed by atoms with Crippen LogP contribution in [0.2, 0.25) is 0 Å². The molecular weight excluding hydrogens is 402 g/mol. The van der Waals surface area contributed by atoms with Crippen LogP contribution in [0.5, 0.6) is 0 Å². The standard InChI is InChI=1S/C18H18BrN3O2S/c1-11-3-4-12(2)16-15(11)20-18(25-16)22-9-7-21(8-10-22)17(23)13-5-6-14(19)24-13/h3-6H,7-10H2,1-2H3. The predicted octanol–water partition coefficient (Wildman–Crippen LogP) is 4.23. The first-order chi connectivity index (χ1) is 12.0. The maximum Gasteiger partial charge on any atom is 0.289 e. The lowest BCUT2D eigenvalue weighted by Gasteiger charge is -2.34. The van der Waals surface area contributed by atoms with Gasteiger partial charge in [0.15, 0.2) is 15.6 Å². The molecule has 0 unspecified atom stereocenters. The maximum atomic E-state index is 12.5. The molecule has 5 nitrogen and oxygen atoms in total. The molecular formula is C18H18BrN3O2S. The fourth-order valence-corrected chi connectivity index (χ4v) is 4.54. The molecule has 4 rings (SSSR count). The molecule has 2 aromatic heterocycles.